The van der Waals surface area contributed by atoms with Crippen LogP contribution in [0.1, 0.15) is 61.7 Å². The Kier molecular flexibility index (Phi) is 5.91. The molecule has 0 aromatic heterocycles. The van der Waals surface area contributed by atoms with E-state index in [1.165, 1.54) is 0 Å². The van der Waals surface area contributed by atoms with Gasteiger partial charge in [-0.2, -0.15) is 0 Å². The van der Waals surface area contributed by atoms with Crippen LogP contribution in [0.2, 0.25) is 0 Å². The summed E-state index contributed by atoms with van der Waals surface area (Å²) < 4.78 is 0. The molecule has 6 heteroatoms. The molecule has 0 heterocycles. The second-order valence-electron chi connectivity index (χ2n) is 7.36. The summed E-state index contributed by atoms with van der Waals surface area (Å²) in [4.78, 5) is 36.1. The van der Waals surface area contributed by atoms with Crippen LogP contribution in [-0.2, 0) is 9.59 Å². The average Bonchev–Trinajstić information content (AvgIpc) is 3.42. The molecule has 0 aliphatic heterocycles. The van der Waals surface area contributed by atoms with Crippen molar-refractivity contribution in [1.29, 1.82) is 0 Å². The molecule has 2 atom stereocenters. The van der Waals surface area contributed by atoms with Gasteiger partial charge in [0.2, 0.25) is 5.91 Å². The molecule has 140 valence electrons. The van der Waals surface area contributed by atoms with Crippen LogP contribution in [-0.4, -0.2) is 28.9 Å². The van der Waals surface area contributed by atoms with Gasteiger partial charge in [0.1, 0.15) is 0 Å². The third-order valence-electron chi connectivity index (χ3n) is 5.24. The summed E-state index contributed by atoms with van der Waals surface area (Å²) in [6, 6.07) is 6.46. The summed E-state index contributed by atoms with van der Waals surface area (Å²) in [6.07, 6.45) is 7.04. The van der Waals surface area contributed by atoms with Crippen molar-refractivity contribution in [2.45, 2.75) is 57.4 Å². The van der Waals surface area contributed by atoms with E-state index in [4.69, 9.17) is 0 Å². The minimum atomic E-state index is -0.845. The second-order valence-corrected chi connectivity index (χ2v) is 7.36. The van der Waals surface area contributed by atoms with Crippen molar-refractivity contribution in [3.8, 4) is 0 Å². The molecular weight excluding hydrogens is 332 g/mol. The number of carboxylic acids is 1. The van der Waals surface area contributed by atoms with Crippen molar-refractivity contribution in [3.05, 3.63) is 29.8 Å². The minimum absolute atomic E-state index is 0.00600. The van der Waals surface area contributed by atoms with Gasteiger partial charge in [-0.25, -0.2) is 0 Å². The lowest BCUT2D eigenvalue weighted by atomic mass is 9.86. The first-order valence-corrected chi connectivity index (χ1v) is 9.49. The van der Waals surface area contributed by atoms with Crippen LogP contribution in [0.4, 0.5) is 5.69 Å². The molecule has 0 saturated heterocycles. The molecule has 1 aromatic rings. The number of aliphatic carboxylic acids is 1. The molecular formula is C20H26N2O4. The summed E-state index contributed by atoms with van der Waals surface area (Å²) in [5.74, 6) is -1.59. The number of carbonyl (C=O) groups is 3. The molecule has 2 unspecified atom stereocenters. The number of anilines is 1. The fourth-order valence-electron chi connectivity index (χ4n) is 3.53. The smallest absolute Gasteiger partial charge is 0.308 e. The van der Waals surface area contributed by atoms with E-state index < -0.39 is 11.9 Å². The van der Waals surface area contributed by atoms with Gasteiger partial charge >= 0.3 is 5.97 Å². The number of hydrogen-bond acceptors (Lipinski definition) is 3. The maximum atomic E-state index is 12.6. The highest BCUT2D eigenvalue weighted by atomic mass is 16.4. The molecule has 2 saturated carbocycles. The lowest BCUT2D eigenvalue weighted by Crippen LogP contribution is -2.43. The first-order valence-electron chi connectivity index (χ1n) is 9.49. The van der Waals surface area contributed by atoms with Crippen LogP contribution < -0.4 is 10.6 Å². The van der Waals surface area contributed by atoms with Crippen LogP contribution >= 0.6 is 0 Å². The van der Waals surface area contributed by atoms with Gasteiger partial charge in [0.15, 0.2) is 0 Å². The Morgan fingerprint density at radius 3 is 2.38 bits per heavy atom. The fraction of sp³-hybridized carbons (Fsp3) is 0.550. The van der Waals surface area contributed by atoms with Gasteiger partial charge in [0.05, 0.1) is 5.92 Å². The van der Waals surface area contributed by atoms with E-state index in [1.54, 1.807) is 24.3 Å². The molecule has 26 heavy (non-hydrogen) atoms. The number of amides is 2. The Hall–Kier alpha value is -2.37. The second kappa shape index (κ2) is 8.34. The van der Waals surface area contributed by atoms with Gasteiger partial charge in [0, 0.05) is 23.2 Å². The molecule has 2 fully saturated rings. The average molecular weight is 358 g/mol. The zero-order valence-corrected chi connectivity index (χ0v) is 14.9. The number of carboxylic acid groups (broad SMARTS) is 1. The molecule has 6 nitrogen and oxygen atoms in total. The predicted octanol–water partition coefficient (Wildman–Crippen LogP) is 3.19. The van der Waals surface area contributed by atoms with Crippen LogP contribution in [0.3, 0.4) is 0 Å². The zero-order chi connectivity index (χ0) is 18.5. The Balaban J connectivity index is 1.67. The highest BCUT2D eigenvalue weighted by Gasteiger charge is 2.31. The molecule has 0 radical (unpaired) electrons. The predicted molar refractivity (Wildman–Crippen MR) is 97.9 cm³/mol. The largest absolute Gasteiger partial charge is 0.481 e. The Morgan fingerprint density at radius 2 is 1.69 bits per heavy atom. The van der Waals surface area contributed by atoms with Crippen molar-refractivity contribution >= 4 is 23.5 Å². The topological polar surface area (TPSA) is 95.5 Å². The summed E-state index contributed by atoms with van der Waals surface area (Å²) >= 11 is 0. The van der Waals surface area contributed by atoms with E-state index in [9.17, 15) is 19.5 Å². The number of carbonyl (C=O) groups excluding carboxylic acids is 2. The summed E-state index contributed by atoms with van der Waals surface area (Å²) in [7, 11) is 0. The van der Waals surface area contributed by atoms with Crippen molar-refractivity contribution in [2.24, 2.45) is 11.8 Å². The quantitative estimate of drug-likeness (QED) is 0.753. The highest BCUT2D eigenvalue weighted by Crippen LogP contribution is 2.30. The van der Waals surface area contributed by atoms with Gasteiger partial charge in [-0.15, -0.1) is 0 Å². The van der Waals surface area contributed by atoms with E-state index in [2.05, 4.69) is 10.6 Å². The molecule has 3 rings (SSSR count). The fourth-order valence-corrected chi connectivity index (χ4v) is 3.53. The number of hydrogen-bond donors (Lipinski definition) is 3. The minimum Gasteiger partial charge on any atom is -0.481 e. The maximum Gasteiger partial charge on any atom is 0.308 e. The third kappa shape index (κ3) is 4.84. The summed E-state index contributed by atoms with van der Waals surface area (Å²) in [5, 5.41) is 15.3. The Labute approximate surface area is 153 Å². The summed E-state index contributed by atoms with van der Waals surface area (Å²) in [5.41, 5.74) is 1.03. The molecule has 3 N–H and O–H groups in total. The van der Waals surface area contributed by atoms with E-state index in [0.717, 1.165) is 38.5 Å². The lowest BCUT2D eigenvalue weighted by Gasteiger charge is -2.27. The lowest BCUT2D eigenvalue weighted by molar-refractivity contribution is -0.143. The van der Waals surface area contributed by atoms with Gasteiger partial charge in [-0.3, -0.25) is 14.4 Å². The van der Waals surface area contributed by atoms with E-state index >= 15 is 0 Å². The standard InChI is InChI=1S/C20H26N2O4/c23-18(13-10-11-13)21-15-7-5-6-14(12-15)19(24)22-17-9-4-2-1-3-8-16(17)20(25)26/h5-7,12-13,16-17H,1-4,8-11H2,(H,21,23)(H,22,24)(H,25,26). The highest BCUT2D eigenvalue weighted by molar-refractivity contribution is 5.98. The molecule has 1 aromatic carbocycles. The maximum absolute atomic E-state index is 12.6. The molecule has 2 aliphatic rings. The molecule has 0 bridgehead atoms. The number of rotatable bonds is 5. The Morgan fingerprint density at radius 1 is 0.962 bits per heavy atom. The molecule has 2 aliphatic carbocycles. The summed E-state index contributed by atoms with van der Waals surface area (Å²) in [6.45, 7) is 0. The SMILES string of the molecule is O=C(NC1CCCCCCC1C(=O)O)c1cccc(NC(=O)C2CC2)c1. The van der Waals surface area contributed by atoms with Crippen LogP contribution in [0, 0.1) is 11.8 Å². The monoisotopic (exact) mass is 358 g/mol. The van der Waals surface area contributed by atoms with Crippen LogP contribution in [0.25, 0.3) is 0 Å². The van der Waals surface area contributed by atoms with Gasteiger partial charge < -0.3 is 15.7 Å². The van der Waals surface area contributed by atoms with E-state index in [0.29, 0.717) is 24.1 Å². The van der Waals surface area contributed by atoms with Crippen molar-refractivity contribution in [3.63, 3.8) is 0 Å². The van der Waals surface area contributed by atoms with Crippen molar-refractivity contribution < 1.29 is 19.5 Å². The van der Waals surface area contributed by atoms with Crippen molar-refractivity contribution in [2.75, 3.05) is 5.32 Å². The van der Waals surface area contributed by atoms with Crippen LogP contribution in [0.15, 0.2) is 24.3 Å². The first-order chi connectivity index (χ1) is 12.5. The zero-order valence-electron chi connectivity index (χ0n) is 14.9. The normalized spacial score (nSPS) is 23.4. The molecule has 0 spiro atoms. The number of benzene rings is 1. The molecule has 2 amide bonds. The third-order valence-corrected chi connectivity index (χ3v) is 5.24. The number of nitrogens with one attached hydrogen (secondary N) is 2. The Bertz CT molecular complexity index is 684. The van der Waals surface area contributed by atoms with Gasteiger partial charge in [-0.05, 0) is 43.9 Å². The van der Waals surface area contributed by atoms with Gasteiger partial charge in [-0.1, -0.05) is 31.7 Å². The van der Waals surface area contributed by atoms with E-state index in [-0.39, 0.29) is 23.8 Å². The van der Waals surface area contributed by atoms with Crippen LogP contribution in [0.5, 0.6) is 0 Å². The van der Waals surface area contributed by atoms with Crippen molar-refractivity contribution in [1.82, 2.24) is 5.32 Å². The first kappa shape index (κ1) is 18.4. The van der Waals surface area contributed by atoms with Gasteiger partial charge in [0.25, 0.3) is 5.91 Å². The van der Waals surface area contributed by atoms with E-state index in [1.807, 2.05) is 0 Å².